The highest BCUT2D eigenvalue weighted by Crippen LogP contribution is 2.32. The minimum absolute atomic E-state index is 0.297. The molecule has 1 saturated carbocycles. The van der Waals surface area contributed by atoms with Crippen LogP contribution in [0.5, 0.6) is 0 Å². The van der Waals surface area contributed by atoms with Crippen LogP contribution in [0.4, 0.5) is 4.39 Å². The molecule has 1 fully saturated rings. The number of para-hydroxylation sites is 1. The Labute approximate surface area is 157 Å². The van der Waals surface area contributed by atoms with E-state index in [1.54, 1.807) is 12.1 Å². The highest BCUT2D eigenvalue weighted by atomic mass is 35.5. The number of aliphatic hydroxyl groups is 1. The molecule has 2 aromatic carbocycles. The van der Waals surface area contributed by atoms with Gasteiger partial charge >= 0.3 is 0 Å². The number of aliphatic hydroxyl groups excluding tert-OH is 1. The van der Waals surface area contributed by atoms with E-state index < -0.39 is 6.10 Å². The van der Waals surface area contributed by atoms with Gasteiger partial charge in [0.1, 0.15) is 11.0 Å². The number of rotatable bonds is 6. The van der Waals surface area contributed by atoms with Crippen LogP contribution in [-0.4, -0.2) is 27.6 Å². The summed E-state index contributed by atoms with van der Waals surface area (Å²) in [5.41, 5.74) is 2.56. The molecule has 0 amide bonds. The van der Waals surface area contributed by atoms with Gasteiger partial charge in [0, 0.05) is 30.1 Å². The summed E-state index contributed by atoms with van der Waals surface area (Å²) in [5.74, 6) is -0.297. The number of fused-ring (bicyclic) bond motifs is 1. The molecule has 1 aliphatic rings. The van der Waals surface area contributed by atoms with Crippen molar-refractivity contribution in [2.24, 2.45) is 0 Å². The zero-order chi connectivity index (χ0) is 18.1. The van der Waals surface area contributed by atoms with Crippen molar-refractivity contribution < 1.29 is 9.50 Å². The Balaban J connectivity index is 1.54. The van der Waals surface area contributed by atoms with Crippen molar-refractivity contribution in [1.82, 2.24) is 9.88 Å². The fraction of sp³-hybridized carbons (Fsp3) is 0.286. The van der Waals surface area contributed by atoms with Crippen molar-refractivity contribution in [3.05, 3.63) is 76.7 Å². The summed E-state index contributed by atoms with van der Waals surface area (Å²) in [6.07, 6.45) is 1.58. The number of halogens is 2. The number of hydrogen-bond donors (Lipinski definition) is 1. The van der Waals surface area contributed by atoms with E-state index in [9.17, 15) is 9.50 Å². The molecule has 0 aliphatic heterocycles. The van der Waals surface area contributed by atoms with Crippen molar-refractivity contribution in [3.8, 4) is 0 Å². The number of hydrogen-bond acceptors (Lipinski definition) is 3. The first-order valence-corrected chi connectivity index (χ1v) is 9.20. The second-order valence-corrected chi connectivity index (χ2v) is 7.22. The van der Waals surface area contributed by atoms with Gasteiger partial charge in [0.2, 0.25) is 0 Å². The zero-order valence-electron chi connectivity index (χ0n) is 14.3. The molecule has 5 heteroatoms. The zero-order valence-corrected chi connectivity index (χ0v) is 15.0. The first kappa shape index (κ1) is 17.4. The summed E-state index contributed by atoms with van der Waals surface area (Å²) in [6.45, 7) is 1.12. The summed E-state index contributed by atoms with van der Waals surface area (Å²) in [5, 5.41) is 12.1. The lowest BCUT2D eigenvalue weighted by Crippen LogP contribution is -2.30. The summed E-state index contributed by atoms with van der Waals surface area (Å²) >= 11 is 6.40. The largest absolute Gasteiger partial charge is 0.387 e. The number of benzene rings is 2. The van der Waals surface area contributed by atoms with Gasteiger partial charge in [-0.05, 0) is 42.7 Å². The van der Waals surface area contributed by atoms with E-state index in [-0.39, 0.29) is 5.82 Å². The van der Waals surface area contributed by atoms with Crippen LogP contribution in [0.25, 0.3) is 10.9 Å². The van der Waals surface area contributed by atoms with E-state index >= 15 is 0 Å². The predicted octanol–water partition coefficient (Wildman–Crippen LogP) is 4.73. The number of aromatic nitrogens is 1. The summed E-state index contributed by atoms with van der Waals surface area (Å²) in [4.78, 5) is 6.73. The third kappa shape index (κ3) is 3.88. The van der Waals surface area contributed by atoms with Gasteiger partial charge in [0.25, 0.3) is 0 Å². The molecule has 0 spiro atoms. The van der Waals surface area contributed by atoms with Crippen LogP contribution in [0, 0.1) is 5.82 Å². The maximum Gasteiger partial charge on any atom is 0.134 e. The average Bonchev–Trinajstić information content (AvgIpc) is 3.47. The van der Waals surface area contributed by atoms with Crippen molar-refractivity contribution in [2.45, 2.75) is 31.5 Å². The molecule has 1 aliphatic carbocycles. The summed E-state index contributed by atoms with van der Waals surface area (Å²) in [7, 11) is 0. The molecule has 0 bridgehead atoms. The molecular formula is C21H20ClFN2O. The molecular weight excluding hydrogens is 351 g/mol. The smallest absolute Gasteiger partial charge is 0.134 e. The van der Waals surface area contributed by atoms with Gasteiger partial charge in [-0.15, -0.1) is 0 Å². The van der Waals surface area contributed by atoms with Crippen molar-refractivity contribution in [1.29, 1.82) is 0 Å². The quantitative estimate of drug-likeness (QED) is 0.637. The first-order valence-electron chi connectivity index (χ1n) is 8.82. The number of pyridine rings is 1. The fourth-order valence-electron chi connectivity index (χ4n) is 3.26. The SMILES string of the molecule is OC(CN(Cc1cc2ccccc2nc1Cl)C1CC1)c1ccc(F)cc1. The van der Waals surface area contributed by atoms with Crippen LogP contribution in [0.2, 0.25) is 5.15 Å². The van der Waals surface area contributed by atoms with Gasteiger partial charge in [-0.1, -0.05) is 41.9 Å². The minimum atomic E-state index is -0.664. The van der Waals surface area contributed by atoms with E-state index in [1.165, 1.54) is 12.1 Å². The highest BCUT2D eigenvalue weighted by Gasteiger charge is 2.31. The summed E-state index contributed by atoms with van der Waals surface area (Å²) < 4.78 is 13.1. The van der Waals surface area contributed by atoms with E-state index in [0.29, 0.717) is 24.3 Å². The molecule has 0 saturated heterocycles. The van der Waals surface area contributed by atoms with Crippen molar-refractivity contribution in [3.63, 3.8) is 0 Å². The molecule has 3 nitrogen and oxygen atoms in total. The molecule has 1 heterocycles. The lowest BCUT2D eigenvalue weighted by molar-refractivity contribution is 0.104. The third-order valence-electron chi connectivity index (χ3n) is 4.85. The molecule has 3 aromatic rings. The molecule has 134 valence electrons. The minimum Gasteiger partial charge on any atom is -0.387 e. The molecule has 0 radical (unpaired) electrons. The predicted molar refractivity (Wildman–Crippen MR) is 102 cm³/mol. The molecule has 26 heavy (non-hydrogen) atoms. The monoisotopic (exact) mass is 370 g/mol. The highest BCUT2D eigenvalue weighted by molar-refractivity contribution is 6.30. The molecule has 1 unspecified atom stereocenters. The number of nitrogens with zero attached hydrogens (tertiary/aromatic N) is 2. The Morgan fingerprint density at radius 2 is 1.88 bits per heavy atom. The summed E-state index contributed by atoms with van der Waals surface area (Å²) in [6, 6.07) is 16.5. The molecule has 1 aromatic heterocycles. The lowest BCUT2D eigenvalue weighted by Gasteiger charge is -2.25. The first-order chi connectivity index (χ1) is 12.6. The Morgan fingerprint density at radius 1 is 1.15 bits per heavy atom. The second kappa shape index (κ2) is 7.31. The van der Waals surface area contributed by atoms with E-state index in [1.807, 2.05) is 24.3 Å². The molecule has 1 atom stereocenters. The van der Waals surface area contributed by atoms with E-state index in [0.717, 1.165) is 34.9 Å². The average molecular weight is 371 g/mol. The Kier molecular flexibility index (Phi) is 4.90. The van der Waals surface area contributed by atoms with Gasteiger partial charge in [-0.3, -0.25) is 4.90 Å². The molecule has 1 N–H and O–H groups in total. The van der Waals surface area contributed by atoms with Crippen LogP contribution in [0.3, 0.4) is 0 Å². The van der Waals surface area contributed by atoms with Gasteiger partial charge < -0.3 is 5.11 Å². The van der Waals surface area contributed by atoms with E-state index in [4.69, 9.17) is 11.6 Å². The normalized spacial score (nSPS) is 15.5. The Morgan fingerprint density at radius 3 is 2.62 bits per heavy atom. The van der Waals surface area contributed by atoms with Crippen LogP contribution in [-0.2, 0) is 6.54 Å². The fourth-order valence-corrected chi connectivity index (χ4v) is 3.47. The third-order valence-corrected chi connectivity index (χ3v) is 5.18. The van der Waals surface area contributed by atoms with Gasteiger partial charge in [-0.2, -0.15) is 0 Å². The van der Waals surface area contributed by atoms with Crippen LogP contribution >= 0.6 is 11.6 Å². The maximum absolute atomic E-state index is 13.1. The van der Waals surface area contributed by atoms with Crippen LogP contribution < -0.4 is 0 Å². The van der Waals surface area contributed by atoms with Gasteiger partial charge in [0.05, 0.1) is 11.6 Å². The van der Waals surface area contributed by atoms with Crippen LogP contribution in [0.1, 0.15) is 30.1 Å². The second-order valence-electron chi connectivity index (χ2n) is 6.86. The van der Waals surface area contributed by atoms with Gasteiger partial charge in [-0.25, -0.2) is 9.37 Å². The van der Waals surface area contributed by atoms with E-state index in [2.05, 4.69) is 16.0 Å². The standard InChI is InChI=1S/C21H20ClFN2O/c22-21-16(11-15-3-1-2-4-19(15)24-21)12-25(18-9-10-18)13-20(26)14-5-7-17(23)8-6-14/h1-8,11,18,20,26H,9-10,12-13H2. The molecule has 4 rings (SSSR count). The van der Waals surface area contributed by atoms with Crippen molar-refractivity contribution >= 4 is 22.5 Å². The van der Waals surface area contributed by atoms with Crippen LogP contribution in [0.15, 0.2) is 54.6 Å². The Hall–Kier alpha value is -2.01. The van der Waals surface area contributed by atoms with Crippen molar-refractivity contribution in [2.75, 3.05) is 6.54 Å². The maximum atomic E-state index is 13.1. The lowest BCUT2D eigenvalue weighted by atomic mass is 10.1. The topological polar surface area (TPSA) is 36.4 Å². The van der Waals surface area contributed by atoms with Gasteiger partial charge in [0.15, 0.2) is 0 Å². The Bertz CT molecular complexity index is 912.